The van der Waals surface area contributed by atoms with Crippen LogP contribution in [0.1, 0.15) is 24.4 Å². The number of nitrogens with zero attached hydrogens (tertiary/aromatic N) is 2. The SMILES string of the molecule is FC(F)(F)c1ccnc(CC2CCNCC2)n1. The van der Waals surface area contributed by atoms with Crippen molar-refractivity contribution in [3.63, 3.8) is 0 Å². The van der Waals surface area contributed by atoms with E-state index in [-0.39, 0.29) is 0 Å². The van der Waals surface area contributed by atoms with Crippen molar-refractivity contribution in [1.82, 2.24) is 15.3 Å². The summed E-state index contributed by atoms with van der Waals surface area (Å²) < 4.78 is 37.3. The molecule has 0 unspecified atom stereocenters. The van der Waals surface area contributed by atoms with E-state index in [0.29, 0.717) is 18.2 Å². The van der Waals surface area contributed by atoms with Gasteiger partial charge < -0.3 is 5.32 Å². The van der Waals surface area contributed by atoms with Crippen molar-refractivity contribution in [2.45, 2.75) is 25.4 Å². The molecular formula is C11H14F3N3. The second kappa shape index (κ2) is 5.00. The van der Waals surface area contributed by atoms with E-state index in [9.17, 15) is 13.2 Å². The lowest BCUT2D eigenvalue weighted by Gasteiger charge is -2.21. The standard InChI is InChI=1S/C11H14F3N3/c12-11(13,14)9-3-6-16-10(17-9)7-8-1-4-15-5-2-8/h3,6,8,15H,1-2,4-5,7H2. The van der Waals surface area contributed by atoms with E-state index in [0.717, 1.165) is 32.0 Å². The molecule has 0 atom stereocenters. The first-order valence-electron chi connectivity index (χ1n) is 5.65. The van der Waals surface area contributed by atoms with Crippen LogP contribution in [0.3, 0.4) is 0 Å². The predicted octanol–water partition coefficient (Wildman–Crippen LogP) is 2.04. The van der Waals surface area contributed by atoms with E-state index in [1.807, 2.05) is 0 Å². The molecule has 1 aromatic rings. The van der Waals surface area contributed by atoms with Crippen LogP contribution in [-0.2, 0) is 12.6 Å². The molecule has 0 spiro atoms. The molecule has 2 rings (SSSR count). The van der Waals surface area contributed by atoms with Gasteiger partial charge in [-0.2, -0.15) is 13.2 Å². The van der Waals surface area contributed by atoms with E-state index in [1.165, 1.54) is 6.20 Å². The minimum absolute atomic E-state index is 0.298. The monoisotopic (exact) mass is 245 g/mol. The van der Waals surface area contributed by atoms with Gasteiger partial charge in [-0.15, -0.1) is 0 Å². The van der Waals surface area contributed by atoms with Gasteiger partial charge in [0.25, 0.3) is 0 Å². The third-order valence-electron chi connectivity index (χ3n) is 2.93. The molecule has 1 saturated heterocycles. The summed E-state index contributed by atoms with van der Waals surface area (Å²) in [6, 6.07) is 0.909. The average Bonchev–Trinajstić information content (AvgIpc) is 2.29. The highest BCUT2D eigenvalue weighted by Crippen LogP contribution is 2.27. The Balaban J connectivity index is 2.05. The maximum absolute atomic E-state index is 12.4. The zero-order chi connectivity index (χ0) is 12.3. The fraction of sp³-hybridized carbons (Fsp3) is 0.636. The molecule has 1 N–H and O–H groups in total. The Labute approximate surface area is 97.5 Å². The maximum atomic E-state index is 12.4. The van der Waals surface area contributed by atoms with Crippen LogP contribution in [0.5, 0.6) is 0 Å². The van der Waals surface area contributed by atoms with Crippen LogP contribution in [0.15, 0.2) is 12.3 Å². The lowest BCUT2D eigenvalue weighted by molar-refractivity contribution is -0.141. The summed E-state index contributed by atoms with van der Waals surface area (Å²) in [7, 11) is 0. The first kappa shape index (κ1) is 12.3. The molecule has 94 valence electrons. The quantitative estimate of drug-likeness (QED) is 0.866. The molecule has 3 nitrogen and oxygen atoms in total. The first-order chi connectivity index (χ1) is 8.05. The Morgan fingerprint density at radius 1 is 1.29 bits per heavy atom. The zero-order valence-electron chi connectivity index (χ0n) is 9.30. The molecular weight excluding hydrogens is 231 g/mol. The molecule has 0 aliphatic carbocycles. The van der Waals surface area contributed by atoms with Crippen molar-refractivity contribution in [1.29, 1.82) is 0 Å². The molecule has 0 aromatic carbocycles. The van der Waals surface area contributed by atoms with Gasteiger partial charge in [-0.25, -0.2) is 9.97 Å². The number of piperidine rings is 1. The van der Waals surface area contributed by atoms with Crippen molar-refractivity contribution in [3.05, 3.63) is 23.8 Å². The van der Waals surface area contributed by atoms with Gasteiger partial charge >= 0.3 is 6.18 Å². The Kier molecular flexibility index (Phi) is 3.61. The molecule has 0 bridgehead atoms. The van der Waals surface area contributed by atoms with Crippen molar-refractivity contribution in [2.24, 2.45) is 5.92 Å². The third-order valence-corrected chi connectivity index (χ3v) is 2.93. The summed E-state index contributed by atoms with van der Waals surface area (Å²) >= 11 is 0. The molecule has 0 amide bonds. The molecule has 1 fully saturated rings. The molecule has 1 aliphatic rings. The van der Waals surface area contributed by atoms with E-state index < -0.39 is 11.9 Å². The third kappa shape index (κ3) is 3.39. The lowest BCUT2D eigenvalue weighted by Crippen LogP contribution is -2.29. The van der Waals surface area contributed by atoms with Gasteiger partial charge in [0, 0.05) is 12.6 Å². The highest BCUT2D eigenvalue weighted by molar-refractivity contribution is 5.06. The molecule has 0 radical (unpaired) electrons. The van der Waals surface area contributed by atoms with Gasteiger partial charge in [0.05, 0.1) is 0 Å². The van der Waals surface area contributed by atoms with Gasteiger partial charge in [-0.1, -0.05) is 0 Å². The fourth-order valence-electron chi connectivity index (χ4n) is 2.00. The van der Waals surface area contributed by atoms with Gasteiger partial charge in [0.2, 0.25) is 0 Å². The Morgan fingerprint density at radius 2 is 2.00 bits per heavy atom. The molecule has 1 aromatic heterocycles. The molecule has 17 heavy (non-hydrogen) atoms. The molecule has 0 saturated carbocycles. The number of aromatic nitrogens is 2. The summed E-state index contributed by atoms with van der Waals surface area (Å²) in [5.74, 6) is 0.687. The van der Waals surface area contributed by atoms with Crippen molar-refractivity contribution in [2.75, 3.05) is 13.1 Å². The molecule has 2 heterocycles. The van der Waals surface area contributed by atoms with E-state index in [2.05, 4.69) is 15.3 Å². The number of rotatable bonds is 2. The maximum Gasteiger partial charge on any atom is 0.433 e. The fourth-order valence-corrected chi connectivity index (χ4v) is 2.00. The van der Waals surface area contributed by atoms with Gasteiger partial charge in [0.15, 0.2) is 0 Å². The Bertz CT molecular complexity index is 372. The number of halogens is 3. The Morgan fingerprint density at radius 3 is 2.65 bits per heavy atom. The predicted molar refractivity (Wildman–Crippen MR) is 56.3 cm³/mol. The minimum Gasteiger partial charge on any atom is -0.317 e. The van der Waals surface area contributed by atoms with Crippen LogP contribution >= 0.6 is 0 Å². The van der Waals surface area contributed by atoms with E-state index >= 15 is 0 Å². The van der Waals surface area contributed by atoms with Crippen LogP contribution in [0.25, 0.3) is 0 Å². The normalized spacial score (nSPS) is 18.3. The van der Waals surface area contributed by atoms with Crippen LogP contribution < -0.4 is 5.32 Å². The minimum atomic E-state index is -4.38. The summed E-state index contributed by atoms with van der Waals surface area (Å²) in [4.78, 5) is 7.50. The first-order valence-corrected chi connectivity index (χ1v) is 5.65. The van der Waals surface area contributed by atoms with Crippen LogP contribution in [0.4, 0.5) is 13.2 Å². The van der Waals surface area contributed by atoms with Gasteiger partial charge in [-0.3, -0.25) is 0 Å². The zero-order valence-corrected chi connectivity index (χ0v) is 9.30. The van der Waals surface area contributed by atoms with Gasteiger partial charge in [-0.05, 0) is 37.9 Å². The van der Waals surface area contributed by atoms with Crippen molar-refractivity contribution >= 4 is 0 Å². The second-order valence-electron chi connectivity index (χ2n) is 4.25. The Hall–Kier alpha value is -1.17. The molecule has 1 aliphatic heterocycles. The van der Waals surface area contributed by atoms with Crippen LogP contribution in [0, 0.1) is 5.92 Å². The second-order valence-corrected chi connectivity index (χ2v) is 4.25. The van der Waals surface area contributed by atoms with Gasteiger partial charge in [0.1, 0.15) is 11.5 Å². The van der Waals surface area contributed by atoms with Crippen molar-refractivity contribution < 1.29 is 13.2 Å². The summed E-state index contributed by atoms with van der Waals surface area (Å²) in [6.45, 7) is 1.84. The van der Waals surface area contributed by atoms with E-state index in [4.69, 9.17) is 0 Å². The smallest absolute Gasteiger partial charge is 0.317 e. The van der Waals surface area contributed by atoms with Crippen LogP contribution in [-0.4, -0.2) is 23.1 Å². The lowest BCUT2D eigenvalue weighted by atomic mass is 9.94. The number of hydrogen-bond donors (Lipinski definition) is 1. The molecule has 6 heteroatoms. The largest absolute Gasteiger partial charge is 0.433 e. The van der Waals surface area contributed by atoms with Crippen molar-refractivity contribution in [3.8, 4) is 0 Å². The number of hydrogen-bond acceptors (Lipinski definition) is 3. The highest BCUT2D eigenvalue weighted by Gasteiger charge is 2.32. The summed E-state index contributed by atoms with van der Waals surface area (Å²) in [6.07, 6.45) is -0.719. The topological polar surface area (TPSA) is 37.8 Å². The number of alkyl halides is 3. The average molecular weight is 245 g/mol. The summed E-state index contributed by atoms with van der Waals surface area (Å²) in [5.41, 5.74) is -0.851. The highest BCUT2D eigenvalue weighted by atomic mass is 19.4. The number of nitrogens with one attached hydrogen (secondary N) is 1. The summed E-state index contributed by atoms with van der Waals surface area (Å²) in [5, 5.41) is 3.22. The van der Waals surface area contributed by atoms with Crippen LogP contribution in [0.2, 0.25) is 0 Å². The van der Waals surface area contributed by atoms with E-state index in [1.54, 1.807) is 0 Å².